The molecule has 0 radical (unpaired) electrons. The van der Waals surface area contributed by atoms with Crippen LogP contribution in [0.2, 0.25) is 0 Å². The lowest BCUT2D eigenvalue weighted by molar-refractivity contribution is -0.834. The summed E-state index contributed by atoms with van der Waals surface area (Å²) >= 11 is 0. The molecule has 1 aromatic rings. The third-order valence-corrected chi connectivity index (χ3v) is 11.1. The van der Waals surface area contributed by atoms with Crippen LogP contribution in [0, 0.1) is 23.6 Å². The van der Waals surface area contributed by atoms with Crippen LogP contribution in [-0.4, -0.2) is 116 Å². The minimum Gasteiger partial charge on any atom is -0.368 e. The average Bonchev–Trinajstić information content (AvgIpc) is 3.88. The first kappa shape index (κ1) is 35.3. The van der Waals surface area contributed by atoms with Crippen LogP contribution in [-0.2, 0) is 23.9 Å². The fourth-order valence-corrected chi connectivity index (χ4v) is 7.34. The second kappa shape index (κ2) is 13.5. The van der Waals surface area contributed by atoms with E-state index in [-0.39, 0.29) is 58.6 Å². The Balaban J connectivity index is 1.39. The number of methoxy groups -OCH3 is 1. The van der Waals surface area contributed by atoms with Crippen molar-refractivity contribution in [2.24, 2.45) is 17.8 Å². The average molecular weight is 661 g/mol. The van der Waals surface area contributed by atoms with Crippen LogP contribution in [0.5, 0.6) is 0 Å². The topological polar surface area (TPSA) is 108 Å². The molecule has 2 N–H and O–H groups in total. The van der Waals surface area contributed by atoms with Crippen molar-refractivity contribution in [3.63, 3.8) is 0 Å². The van der Waals surface area contributed by atoms with Gasteiger partial charge in [0.2, 0.25) is 5.91 Å². The molecule has 0 spiro atoms. The van der Waals surface area contributed by atoms with Crippen molar-refractivity contribution in [2.75, 3.05) is 53.2 Å². The van der Waals surface area contributed by atoms with E-state index in [2.05, 4.69) is 15.5 Å². The molecule has 0 bridgehead atoms. The molecule has 1 aliphatic heterocycles. The second-order valence-electron chi connectivity index (χ2n) is 15.0. The molecule has 5 rings (SSSR count). The van der Waals surface area contributed by atoms with Crippen LogP contribution >= 0.6 is 0 Å². The summed E-state index contributed by atoms with van der Waals surface area (Å²) in [4.78, 5) is 58.2. The maximum atomic E-state index is 15.8. The molecule has 5 atom stereocenters. The number of hydrogen-bond donors (Lipinski definition) is 2. The first-order chi connectivity index (χ1) is 22.1. The van der Waals surface area contributed by atoms with Gasteiger partial charge < -0.3 is 25.2 Å². The summed E-state index contributed by atoms with van der Waals surface area (Å²) in [5.41, 5.74) is -1.49. The number of carbonyl (C=O) groups excluding carboxylic acids is 4. The zero-order valence-corrected chi connectivity index (χ0v) is 28.9. The highest BCUT2D eigenvalue weighted by atomic mass is 19.1. The smallest absolute Gasteiger partial charge is 0.342 e. The highest BCUT2D eigenvalue weighted by Crippen LogP contribution is 2.51. The van der Waals surface area contributed by atoms with Gasteiger partial charge in [0.1, 0.15) is 11.9 Å². The van der Waals surface area contributed by atoms with Gasteiger partial charge >= 0.3 is 5.91 Å². The quantitative estimate of drug-likeness (QED) is 0.314. The van der Waals surface area contributed by atoms with E-state index < -0.39 is 47.4 Å². The molecule has 12 heteroatoms. The van der Waals surface area contributed by atoms with Crippen LogP contribution in [0.4, 0.5) is 14.5 Å². The van der Waals surface area contributed by atoms with Gasteiger partial charge in [-0.25, -0.2) is 13.6 Å². The number of ether oxygens (including phenoxy) is 1. The van der Waals surface area contributed by atoms with Gasteiger partial charge in [0.25, 0.3) is 11.8 Å². The summed E-state index contributed by atoms with van der Waals surface area (Å²) in [7, 11) is 6.84. The zero-order valence-electron chi connectivity index (χ0n) is 28.9. The van der Waals surface area contributed by atoms with E-state index in [0.29, 0.717) is 25.2 Å². The summed E-state index contributed by atoms with van der Waals surface area (Å²) in [6.45, 7) is 7.23. The first-order valence-electron chi connectivity index (χ1n) is 17.1. The first-order valence-corrected chi connectivity index (χ1v) is 17.1. The lowest BCUT2D eigenvalue weighted by atomic mass is 9.88. The lowest BCUT2D eigenvalue weighted by Gasteiger charge is -2.44. The van der Waals surface area contributed by atoms with E-state index in [4.69, 9.17) is 4.74 Å². The summed E-state index contributed by atoms with van der Waals surface area (Å²) in [5, 5.41) is 5.38. The molecule has 4 fully saturated rings. The Hall–Kier alpha value is -2.96. The Labute approximate surface area is 277 Å². The molecule has 3 saturated carbocycles. The van der Waals surface area contributed by atoms with Gasteiger partial charge in [-0.3, -0.25) is 18.9 Å². The maximum absolute atomic E-state index is 15.8. The predicted octanol–water partition coefficient (Wildman–Crippen LogP) is 3.46. The van der Waals surface area contributed by atoms with E-state index in [0.717, 1.165) is 25.7 Å². The van der Waals surface area contributed by atoms with Gasteiger partial charge in [-0.2, -0.15) is 0 Å². The molecule has 4 amide bonds. The standard InChI is InChI=1S/C35H51F2N5O5/c1-20-19-41(17-16-40(20)4)32(44)30(42(5,6)33(45)22(3)47-7)21(2)25-12-13-27(26(36)18-25)38-31(43)29(39-34(46)35(37)14-15-35)28(23-8-9-23)24-10-11-24/h12-13,18,20-24,28-30H,8-11,14-17,19H2,1-7H3,(H-,38,39,43,46)/p+1/t20-,21+,22+,29+,30-/m1/s1. The van der Waals surface area contributed by atoms with Crippen LogP contribution in [0.25, 0.3) is 0 Å². The van der Waals surface area contributed by atoms with Crippen molar-refractivity contribution in [1.82, 2.24) is 15.1 Å². The zero-order chi connectivity index (χ0) is 34.4. The largest absolute Gasteiger partial charge is 0.368 e. The van der Waals surface area contributed by atoms with Gasteiger partial charge in [-0.15, -0.1) is 0 Å². The monoisotopic (exact) mass is 660 g/mol. The number of amides is 4. The molecule has 0 unspecified atom stereocenters. The minimum absolute atomic E-state index is 0.0643. The van der Waals surface area contributed by atoms with Crippen molar-refractivity contribution in [2.45, 2.75) is 95.1 Å². The SMILES string of the molecule is CO[C@@H](C)C(=O)[N+](C)(C)[C@@H](C(=O)N1CCN(C)[C@H](C)C1)[C@@H](C)c1ccc(NC(=O)[C@@H](NC(=O)C2(F)CC2)C(C2CC2)C2CC2)c(F)c1. The number of rotatable bonds is 13. The van der Waals surface area contributed by atoms with Crippen molar-refractivity contribution in [1.29, 1.82) is 0 Å². The number of anilines is 1. The van der Waals surface area contributed by atoms with Crippen LogP contribution in [0.1, 0.15) is 70.8 Å². The number of benzene rings is 1. The third kappa shape index (κ3) is 7.54. The van der Waals surface area contributed by atoms with Crippen molar-refractivity contribution in [3.05, 3.63) is 29.6 Å². The fourth-order valence-electron chi connectivity index (χ4n) is 7.34. The molecule has 0 aromatic heterocycles. The summed E-state index contributed by atoms with van der Waals surface area (Å²) < 4.78 is 35.5. The van der Waals surface area contributed by atoms with Gasteiger partial charge in [0.05, 0.1) is 19.8 Å². The molecular weight excluding hydrogens is 608 g/mol. The number of nitrogens with one attached hydrogen (secondary N) is 2. The summed E-state index contributed by atoms with van der Waals surface area (Å²) in [5.74, 6) is -2.62. The molecule has 1 heterocycles. The fraction of sp³-hybridized carbons (Fsp3) is 0.714. The normalized spacial score (nSPS) is 23.9. The number of hydrogen-bond acceptors (Lipinski definition) is 6. The number of halogens is 2. The molecule has 4 aliphatic rings. The number of quaternary nitrogens is 1. The lowest BCUT2D eigenvalue weighted by Crippen LogP contribution is -2.65. The van der Waals surface area contributed by atoms with Crippen LogP contribution < -0.4 is 10.6 Å². The minimum atomic E-state index is -1.93. The number of alkyl halides is 1. The van der Waals surface area contributed by atoms with Gasteiger partial charge in [0, 0.05) is 38.7 Å². The predicted molar refractivity (Wildman–Crippen MR) is 173 cm³/mol. The molecule has 3 aliphatic carbocycles. The van der Waals surface area contributed by atoms with Crippen LogP contribution in [0.3, 0.4) is 0 Å². The Kier molecular flexibility index (Phi) is 10.2. The highest BCUT2D eigenvalue weighted by molar-refractivity contribution is 5.99. The molecule has 10 nitrogen and oxygen atoms in total. The van der Waals surface area contributed by atoms with Gasteiger partial charge in [-0.1, -0.05) is 13.0 Å². The van der Waals surface area contributed by atoms with E-state index in [9.17, 15) is 23.6 Å². The number of piperazine rings is 1. The Morgan fingerprint density at radius 1 is 1.04 bits per heavy atom. The maximum Gasteiger partial charge on any atom is 0.342 e. The Bertz CT molecular complexity index is 1370. The Morgan fingerprint density at radius 2 is 1.66 bits per heavy atom. The molecule has 260 valence electrons. The number of carbonyl (C=O) groups is 4. The van der Waals surface area contributed by atoms with Crippen molar-refractivity contribution in [3.8, 4) is 0 Å². The van der Waals surface area contributed by atoms with E-state index in [1.54, 1.807) is 32.0 Å². The van der Waals surface area contributed by atoms with Crippen molar-refractivity contribution < 1.29 is 37.2 Å². The highest BCUT2D eigenvalue weighted by Gasteiger charge is 2.55. The summed E-state index contributed by atoms with van der Waals surface area (Å²) in [6.07, 6.45) is 3.34. The number of nitrogens with zero attached hydrogens (tertiary/aromatic N) is 3. The second-order valence-corrected chi connectivity index (χ2v) is 15.0. The molecule has 47 heavy (non-hydrogen) atoms. The van der Waals surface area contributed by atoms with Crippen LogP contribution in [0.15, 0.2) is 18.2 Å². The van der Waals surface area contributed by atoms with Gasteiger partial charge in [-0.05, 0) is 94.9 Å². The van der Waals surface area contributed by atoms with E-state index in [1.807, 2.05) is 20.9 Å². The van der Waals surface area contributed by atoms with E-state index >= 15 is 4.39 Å². The van der Waals surface area contributed by atoms with E-state index in [1.165, 1.54) is 19.2 Å². The Morgan fingerprint density at radius 3 is 2.17 bits per heavy atom. The molecular formula is C35H52F2N5O5+. The molecule has 1 aromatic carbocycles. The van der Waals surface area contributed by atoms with Gasteiger partial charge in [0.15, 0.2) is 17.8 Å². The molecule has 1 saturated heterocycles. The third-order valence-electron chi connectivity index (χ3n) is 11.1. The summed E-state index contributed by atoms with van der Waals surface area (Å²) in [6, 6.07) is 2.73. The van der Waals surface area contributed by atoms with Crippen molar-refractivity contribution >= 4 is 29.3 Å². The number of likely N-dealkylation sites (N-methyl/N-ethyl adjacent to an activating group) is 2.